The van der Waals surface area contributed by atoms with Crippen LogP contribution in [0.2, 0.25) is 0 Å². The molecule has 0 saturated heterocycles. The van der Waals surface area contributed by atoms with Crippen LogP contribution < -0.4 is 0 Å². The maximum absolute atomic E-state index is 12.9. The normalized spacial score (nSPS) is 17.5. The fourth-order valence-electron chi connectivity index (χ4n) is 1.25. The van der Waals surface area contributed by atoms with Gasteiger partial charge in [-0.25, -0.2) is 0 Å². The second kappa shape index (κ2) is 2.85. The highest BCUT2D eigenvalue weighted by Gasteiger charge is 2.14. The van der Waals surface area contributed by atoms with E-state index in [2.05, 4.69) is 10.2 Å². The maximum Gasteiger partial charge on any atom is 0.236 e. The molecule has 2 heterocycles. The van der Waals surface area contributed by atoms with Crippen molar-refractivity contribution in [3.63, 3.8) is 0 Å². The van der Waals surface area contributed by atoms with Crippen LogP contribution in [0.5, 0.6) is 0 Å². The minimum Gasteiger partial charge on any atom is -0.279 e. The summed E-state index contributed by atoms with van der Waals surface area (Å²) in [5.74, 6) is 1.59. The molecule has 2 rings (SSSR count). The maximum atomic E-state index is 12.9. The predicted octanol–water partition coefficient (Wildman–Crippen LogP) is 1.73. The Kier molecular flexibility index (Phi) is 1.85. The van der Waals surface area contributed by atoms with Crippen molar-refractivity contribution in [3.05, 3.63) is 17.2 Å². The van der Waals surface area contributed by atoms with Crippen molar-refractivity contribution in [1.82, 2.24) is 10.2 Å². The second-order valence-corrected chi connectivity index (χ2v) is 3.73. The molecule has 60 valence electrons. The third-order valence-corrected chi connectivity index (χ3v) is 2.93. The summed E-state index contributed by atoms with van der Waals surface area (Å²) in [5.41, 5.74) is 1.78. The highest BCUT2D eigenvalue weighted by molar-refractivity contribution is 7.98. The molecule has 2 nitrogen and oxygen atoms in total. The van der Waals surface area contributed by atoms with E-state index in [1.54, 1.807) is 11.8 Å². The van der Waals surface area contributed by atoms with Gasteiger partial charge in [-0.2, -0.15) is 16.2 Å². The van der Waals surface area contributed by atoms with Gasteiger partial charge in [-0.1, -0.05) is 0 Å². The SMILES string of the molecule is Fc1n[nH]c2c1CSCCC2. The molecule has 0 bridgehead atoms. The van der Waals surface area contributed by atoms with Crippen LogP contribution in [-0.2, 0) is 12.2 Å². The Morgan fingerprint density at radius 1 is 1.55 bits per heavy atom. The van der Waals surface area contributed by atoms with Crippen molar-refractivity contribution in [1.29, 1.82) is 0 Å². The zero-order valence-corrected chi connectivity index (χ0v) is 6.88. The van der Waals surface area contributed by atoms with E-state index in [1.165, 1.54) is 0 Å². The van der Waals surface area contributed by atoms with Crippen LogP contribution in [-0.4, -0.2) is 16.0 Å². The highest BCUT2D eigenvalue weighted by atomic mass is 32.2. The molecule has 0 atom stereocenters. The molecule has 0 aliphatic carbocycles. The molecule has 0 amide bonds. The van der Waals surface area contributed by atoms with Crippen LogP contribution >= 0.6 is 11.8 Å². The zero-order chi connectivity index (χ0) is 7.68. The number of aryl methyl sites for hydroxylation is 1. The number of halogens is 1. The van der Waals surface area contributed by atoms with E-state index in [0.29, 0.717) is 0 Å². The number of aromatic amines is 1. The van der Waals surface area contributed by atoms with Crippen LogP contribution in [0, 0.1) is 5.95 Å². The van der Waals surface area contributed by atoms with Crippen LogP contribution in [0.3, 0.4) is 0 Å². The van der Waals surface area contributed by atoms with E-state index < -0.39 is 0 Å². The van der Waals surface area contributed by atoms with Gasteiger partial charge in [0, 0.05) is 17.0 Å². The van der Waals surface area contributed by atoms with Gasteiger partial charge in [-0.05, 0) is 18.6 Å². The lowest BCUT2D eigenvalue weighted by molar-refractivity contribution is 0.571. The smallest absolute Gasteiger partial charge is 0.236 e. The lowest BCUT2D eigenvalue weighted by atomic mass is 10.2. The number of rotatable bonds is 0. The molecule has 0 saturated carbocycles. The molecular formula is C7H9FN2S. The average molecular weight is 172 g/mol. The van der Waals surface area contributed by atoms with Gasteiger partial charge in [0.2, 0.25) is 5.95 Å². The monoisotopic (exact) mass is 172 g/mol. The number of thioether (sulfide) groups is 1. The number of hydrogen-bond donors (Lipinski definition) is 1. The molecule has 0 spiro atoms. The molecule has 1 aliphatic rings. The number of aromatic nitrogens is 2. The lowest BCUT2D eigenvalue weighted by Crippen LogP contribution is -1.87. The van der Waals surface area contributed by atoms with Crippen molar-refractivity contribution < 1.29 is 4.39 Å². The summed E-state index contributed by atoms with van der Waals surface area (Å²) in [4.78, 5) is 0. The summed E-state index contributed by atoms with van der Waals surface area (Å²) >= 11 is 1.78. The van der Waals surface area contributed by atoms with Gasteiger partial charge in [-0.3, -0.25) is 5.10 Å². The Bertz CT molecular complexity index is 259. The molecule has 0 unspecified atom stereocenters. The fraction of sp³-hybridized carbons (Fsp3) is 0.571. The van der Waals surface area contributed by atoms with Gasteiger partial charge >= 0.3 is 0 Å². The van der Waals surface area contributed by atoms with Crippen LogP contribution in [0.15, 0.2) is 0 Å². The third kappa shape index (κ3) is 1.27. The van der Waals surface area contributed by atoms with E-state index in [9.17, 15) is 4.39 Å². The van der Waals surface area contributed by atoms with Crippen LogP contribution in [0.25, 0.3) is 0 Å². The number of hydrogen-bond acceptors (Lipinski definition) is 2. The van der Waals surface area contributed by atoms with Crippen LogP contribution in [0.1, 0.15) is 17.7 Å². The summed E-state index contributed by atoms with van der Waals surface area (Å²) in [5, 5.41) is 6.26. The van der Waals surface area contributed by atoms with Crippen molar-refractivity contribution in [2.75, 3.05) is 5.75 Å². The van der Waals surface area contributed by atoms with Gasteiger partial charge < -0.3 is 0 Å². The first-order valence-corrected chi connectivity index (χ1v) is 4.83. The fourth-order valence-corrected chi connectivity index (χ4v) is 2.24. The molecule has 11 heavy (non-hydrogen) atoms. The Labute approximate surface area is 68.6 Å². The molecule has 0 aromatic carbocycles. The van der Waals surface area contributed by atoms with Crippen LogP contribution in [0.4, 0.5) is 4.39 Å². The van der Waals surface area contributed by atoms with Crippen molar-refractivity contribution in [2.45, 2.75) is 18.6 Å². The van der Waals surface area contributed by atoms with Crippen molar-refractivity contribution >= 4 is 11.8 Å². The van der Waals surface area contributed by atoms with Gasteiger partial charge in [0.1, 0.15) is 0 Å². The molecular weight excluding hydrogens is 163 g/mol. The van der Waals surface area contributed by atoms with Gasteiger partial charge in [0.05, 0.1) is 0 Å². The zero-order valence-electron chi connectivity index (χ0n) is 6.06. The Hall–Kier alpha value is -0.510. The standard InChI is InChI=1S/C7H9FN2S/c8-7-5-4-11-3-1-2-6(5)9-10-7/h1-4H2,(H,9,10). The third-order valence-electron chi connectivity index (χ3n) is 1.86. The lowest BCUT2D eigenvalue weighted by Gasteiger charge is -1.92. The van der Waals surface area contributed by atoms with Crippen molar-refractivity contribution in [3.8, 4) is 0 Å². The first-order valence-electron chi connectivity index (χ1n) is 3.67. The minimum absolute atomic E-state index is 0.311. The predicted molar refractivity (Wildman–Crippen MR) is 43.0 cm³/mol. The highest BCUT2D eigenvalue weighted by Crippen LogP contribution is 2.23. The number of nitrogens with one attached hydrogen (secondary N) is 1. The summed E-state index contributed by atoms with van der Waals surface area (Å²) in [6.45, 7) is 0. The molecule has 1 aliphatic heterocycles. The summed E-state index contributed by atoms with van der Waals surface area (Å²) in [6.07, 6.45) is 2.07. The number of fused-ring (bicyclic) bond motifs is 1. The number of nitrogens with zero attached hydrogens (tertiary/aromatic N) is 1. The summed E-state index contributed by atoms with van der Waals surface area (Å²) in [7, 11) is 0. The quantitative estimate of drug-likeness (QED) is 0.645. The molecule has 1 aromatic heterocycles. The van der Waals surface area contributed by atoms with Gasteiger partial charge in [0.25, 0.3) is 0 Å². The largest absolute Gasteiger partial charge is 0.279 e. The van der Waals surface area contributed by atoms with Crippen molar-refractivity contribution in [2.24, 2.45) is 0 Å². The van der Waals surface area contributed by atoms with E-state index in [4.69, 9.17) is 0 Å². The number of H-pyrrole nitrogens is 1. The van der Waals surface area contributed by atoms with Gasteiger partial charge in [-0.15, -0.1) is 5.10 Å². The Balaban J connectivity index is 2.35. The molecule has 0 radical (unpaired) electrons. The first kappa shape index (κ1) is 7.16. The topological polar surface area (TPSA) is 28.7 Å². The van der Waals surface area contributed by atoms with E-state index in [1.807, 2.05) is 0 Å². The minimum atomic E-state index is -0.311. The average Bonchev–Trinajstić information content (AvgIpc) is 2.25. The summed E-state index contributed by atoms with van der Waals surface area (Å²) < 4.78 is 12.9. The van der Waals surface area contributed by atoms with Gasteiger partial charge in [0.15, 0.2) is 0 Å². The Morgan fingerprint density at radius 2 is 2.45 bits per heavy atom. The molecule has 1 aromatic rings. The molecule has 0 fully saturated rings. The molecule has 4 heteroatoms. The van der Waals surface area contributed by atoms with E-state index >= 15 is 0 Å². The Morgan fingerprint density at radius 3 is 3.36 bits per heavy atom. The first-order chi connectivity index (χ1) is 5.38. The van der Waals surface area contributed by atoms with E-state index in [-0.39, 0.29) is 5.95 Å². The van der Waals surface area contributed by atoms with E-state index in [0.717, 1.165) is 35.6 Å². The second-order valence-electron chi connectivity index (χ2n) is 2.63. The summed E-state index contributed by atoms with van der Waals surface area (Å²) in [6, 6.07) is 0. The molecule has 1 N–H and O–H groups in total.